The first-order valence-electron chi connectivity index (χ1n) is 11.2. The molecule has 1 atom stereocenters. The number of amides is 2. The first kappa shape index (κ1) is 27.3. The normalized spacial score (nSPS) is 12.3. The number of nitrogens with one attached hydrogen (secondary N) is 1. The van der Waals surface area contributed by atoms with Crippen LogP contribution in [-0.4, -0.2) is 62.7 Å². The Labute approximate surface area is 201 Å². The topological polar surface area (TPSA) is 90.0 Å². The van der Waals surface area contributed by atoms with Crippen LogP contribution < -0.4 is 9.62 Å². The Hall–Kier alpha value is -2.98. The van der Waals surface area contributed by atoms with Gasteiger partial charge in [0.2, 0.25) is 11.8 Å². The molecule has 0 aliphatic rings. The SMILES string of the molecule is CCCNC(=O)C(CC)N(Cc1ccccc1)C(=O)CN(c1ccc(F)cc1)S(=O)(=O)N(C)C. The highest BCUT2D eigenvalue weighted by Crippen LogP contribution is 2.21. The van der Waals surface area contributed by atoms with Crippen LogP contribution in [0.25, 0.3) is 0 Å². The average molecular weight is 493 g/mol. The van der Waals surface area contributed by atoms with E-state index in [0.717, 1.165) is 32.7 Å². The van der Waals surface area contributed by atoms with Crippen molar-refractivity contribution >= 4 is 27.7 Å². The maximum atomic E-state index is 13.6. The highest BCUT2D eigenvalue weighted by Gasteiger charge is 2.33. The van der Waals surface area contributed by atoms with E-state index in [-0.39, 0.29) is 18.1 Å². The Bertz CT molecular complexity index is 1050. The van der Waals surface area contributed by atoms with Crippen LogP contribution in [0.5, 0.6) is 0 Å². The van der Waals surface area contributed by atoms with E-state index in [1.165, 1.54) is 31.1 Å². The Morgan fingerprint density at radius 2 is 1.62 bits per heavy atom. The summed E-state index contributed by atoms with van der Waals surface area (Å²) < 4.78 is 41.5. The van der Waals surface area contributed by atoms with Crippen molar-refractivity contribution in [3.8, 4) is 0 Å². The van der Waals surface area contributed by atoms with Crippen molar-refractivity contribution in [3.05, 3.63) is 66.0 Å². The second-order valence-corrected chi connectivity index (χ2v) is 10.1. The maximum Gasteiger partial charge on any atom is 0.304 e. The number of hydrogen-bond donors (Lipinski definition) is 1. The monoisotopic (exact) mass is 492 g/mol. The van der Waals surface area contributed by atoms with Gasteiger partial charge in [-0.1, -0.05) is 44.2 Å². The molecule has 34 heavy (non-hydrogen) atoms. The summed E-state index contributed by atoms with van der Waals surface area (Å²) in [5, 5.41) is 2.83. The van der Waals surface area contributed by atoms with E-state index in [9.17, 15) is 22.4 Å². The van der Waals surface area contributed by atoms with Gasteiger partial charge in [0.1, 0.15) is 18.4 Å². The van der Waals surface area contributed by atoms with E-state index in [1.807, 2.05) is 37.3 Å². The minimum Gasteiger partial charge on any atom is -0.354 e. The van der Waals surface area contributed by atoms with E-state index < -0.39 is 34.5 Å². The zero-order valence-corrected chi connectivity index (χ0v) is 20.9. The number of rotatable bonds is 12. The second kappa shape index (κ2) is 12.5. The fraction of sp³-hybridized carbons (Fsp3) is 0.417. The summed E-state index contributed by atoms with van der Waals surface area (Å²) in [7, 11) is -1.37. The molecule has 0 aliphatic carbocycles. The van der Waals surface area contributed by atoms with Gasteiger partial charge in [0.05, 0.1) is 5.69 Å². The molecule has 1 unspecified atom stereocenters. The molecule has 2 amide bonds. The van der Waals surface area contributed by atoms with E-state index in [0.29, 0.717) is 13.0 Å². The number of carbonyl (C=O) groups is 2. The molecule has 0 spiro atoms. The summed E-state index contributed by atoms with van der Waals surface area (Å²) in [6, 6.07) is 13.3. The first-order valence-corrected chi connectivity index (χ1v) is 12.6. The number of halogens is 1. The zero-order valence-electron chi connectivity index (χ0n) is 20.1. The van der Waals surface area contributed by atoms with Crippen molar-refractivity contribution in [2.75, 3.05) is 31.5 Å². The molecular formula is C24H33FN4O4S. The lowest BCUT2D eigenvalue weighted by Gasteiger charge is -2.33. The number of benzene rings is 2. The standard InChI is InChI=1S/C24H33FN4O4S/c1-5-16-26-24(31)22(6-2)28(17-19-10-8-7-9-11-19)23(30)18-29(34(32,33)27(3)4)21-14-12-20(25)13-15-21/h7-15,22H,5-6,16-18H2,1-4H3,(H,26,31). The summed E-state index contributed by atoms with van der Waals surface area (Å²) in [5.41, 5.74) is 0.952. The molecule has 0 radical (unpaired) electrons. The molecule has 2 aromatic carbocycles. The highest BCUT2D eigenvalue weighted by molar-refractivity contribution is 7.90. The minimum absolute atomic E-state index is 0.136. The van der Waals surface area contributed by atoms with Gasteiger partial charge >= 0.3 is 10.2 Å². The molecular weight excluding hydrogens is 459 g/mol. The van der Waals surface area contributed by atoms with Crippen molar-refractivity contribution in [2.45, 2.75) is 39.3 Å². The molecule has 0 aliphatic heterocycles. The van der Waals surface area contributed by atoms with Crippen LogP contribution in [0, 0.1) is 5.82 Å². The van der Waals surface area contributed by atoms with Crippen molar-refractivity contribution in [2.24, 2.45) is 0 Å². The molecule has 2 aromatic rings. The van der Waals surface area contributed by atoms with Crippen molar-refractivity contribution < 1.29 is 22.4 Å². The lowest BCUT2D eigenvalue weighted by Crippen LogP contribution is -2.53. The highest BCUT2D eigenvalue weighted by atomic mass is 32.2. The average Bonchev–Trinajstić information content (AvgIpc) is 2.82. The van der Waals surface area contributed by atoms with Gasteiger partial charge in [-0.15, -0.1) is 0 Å². The van der Waals surface area contributed by atoms with Crippen LogP contribution in [0.1, 0.15) is 32.3 Å². The Kier molecular flexibility index (Phi) is 10.0. The molecule has 2 rings (SSSR count). The summed E-state index contributed by atoms with van der Waals surface area (Å²) in [6.07, 6.45) is 1.10. The summed E-state index contributed by atoms with van der Waals surface area (Å²) >= 11 is 0. The van der Waals surface area contributed by atoms with Crippen LogP contribution in [0.3, 0.4) is 0 Å². The molecule has 8 nitrogen and oxygen atoms in total. The van der Waals surface area contributed by atoms with E-state index in [4.69, 9.17) is 0 Å². The van der Waals surface area contributed by atoms with E-state index in [1.54, 1.807) is 6.92 Å². The van der Waals surface area contributed by atoms with Crippen molar-refractivity contribution in [3.63, 3.8) is 0 Å². The zero-order chi connectivity index (χ0) is 25.3. The fourth-order valence-electron chi connectivity index (χ4n) is 3.39. The maximum absolute atomic E-state index is 13.6. The number of anilines is 1. The number of carbonyl (C=O) groups excluding carboxylic acids is 2. The molecule has 1 N–H and O–H groups in total. The van der Waals surface area contributed by atoms with Gasteiger partial charge in [0.25, 0.3) is 0 Å². The Balaban J connectivity index is 2.45. The second-order valence-electron chi connectivity index (χ2n) is 8.00. The first-order chi connectivity index (χ1) is 16.1. The molecule has 0 saturated heterocycles. The molecule has 186 valence electrons. The Morgan fingerprint density at radius 3 is 2.15 bits per heavy atom. The van der Waals surface area contributed by atoms with Crippen LogP contribution in [0.4, 0.5) is 10.1 Å². The summed E-state index contributed by atoms with van der Waals surface area (Å²) in [6.45, 7) is 3.80. The summed E-state index contributed by atoms with van der Waals surface area (Å²) in [4.78, 5) is 27.9. The molecule has 0 saturated carbocycles. The van der Waals surface area contributed by atoms with Crippen LogP contribution in [0.2, 0.25) is 0 Å². The largest absolute Gasteiger partial charge is 0.354 e. The molecule has 0 fully saturated rings. The van der Waals surface area contributed by atoms with Crippen LogP contribution >= 0.6 is 0 Å². The van der Waals surface area contributed by atoms with Gasteiger partial charge in [-0.2, -0.15) is 12.7 Å². The number of nitrogens with zero attached hydrogens (tertiary/aromatic N) is 3. The van der Waals surface area contributed by atoms with Gasteiger partial charge in [-0.05, 0) is 42.7 Å². The van der Waals surface area contributed by atoms with Crippen molar-refractivity contribution in [1.29, 1.82) is 0 Å². The number of hydrogen-bond acceptors (Lipinski definition) is 4. The Morgan fingerprint density at radius 1 is 1.00 bits per heavy atom. The lowest BCUT2D eigenvalue weighted by atomic mass is 10.1. The molecule has 0 bridgehead atoms. The van der Waals surface area contributed by atoms with Crippen molar-refractivity contribution in [1.82, 2.24) is 14.5 Å². The van der Waals surface area contributed by atoms with Gasteiger partial charge in [-0.25, -0.2) is 8.70 Å². The molecule has 0 heterocycles. The van der Waals surface area contributed by atoms with Gasteiger partial charge in [-0.3, -0.25) is 9.59 Å². The van der Waals surface area contributed by atoms with Crippen LogP contribution in [-0.2, 0) is 26.3 Å². The van der Waals surface area contributed by atoms with Crippen LogP contribution in [0.15, 0.2) is 54.6 Å². The fourth-order valence-corrected chi connectivity index (χ4v) is 4.45. The summed E-state index contributed by atoms with van der Waals surface area (Å²) in [5.74, 6) is -1.36. The predicted octanol–water partition coefficient (Wildman–Crippen LogP) is 2.77. The lowest BCUT2D eigenvalue weighted by molar-refractivity contribution is -0.140. The minimum atomic E-state index is -4.08. The quantitative estimate of drug-likeness (QED) is 0.493. The van der Waals surface area contributed by atoms with Gasteiger partial charge in [0, 0.05) is 27.2 Å². The molecule has 0 aromatic heterocycles. The third kappa shape index (κ3) is 7.01. The van der Waals surface area contributed by atoms with Gasteiger partial charge < -0.3 is 10.2 Å². The third-order valence-electron chi connectivity index (χ3n) is 5.26. The smallest absolute Gasteiger partial charge is 0.304 e. The van der Waals surface area contributed by atoms with Gasteiger partial charge in [0.15, 0.2) is 0 Å². The van der Waals surface area contributed by atoms with E-state index in [2.05, 4.69) is 5.32 Å². The molecule has 10 heteroatoms. The predicted molar refractivity (Wildman–Crippen MR) is 131 cm³/mol. The third-order valence-corrected chi connectivity index (χ3v) is 7.08. The van der Waals surface area contributed by atoms with E-state index >= 15 is 0 Å².